The number of nitrogens with zero attached hydrogens (tertiary/aromatic N) is 1. The van der Waals surface area contributed by atoms with Gasteiger partial charge in [-0.15, -0.1) is 0 Å². The molecule has 1 N–H and O–H groups in total. The molecule has 2 aromatic rings. The molecule has 0 unspecified atom stereocenters. The highest BCUT2D eigenvalue weighted by molar-refractivity contribution is 7.89. The Labute approximate surface area is 188 Å². The number of esters is 1. The van der Waals surface area contributed by atoms with Gasteiger partial charge in [-0.2, -0.15) is 0 Å². The van der Waals surface area contributed by atoms with Crippen molar-refractivity contribution in [3.05, 3.63) is 63.7 Å². The Balaban J connectivity index is 1.43. The van der Waals surface area contributed by atoms with E-state index in [9.17, 15) is 18.0 Å². The standard InChI is InChI=1S/C24H28N2O5S/c1-15-13-16(2)18(4)22(17(15)3)32(29,30)25-14-21(27)26-11-9-24(10-12-26)20-8-6-5-7-19(20)23(28)31-24/h5-8,13,25H,9-12,14H2,1-4H3. The fraction of sp³-hybridized carbons (Fsp3) is 0.417. The lowest BCUT2D eigenvalue weighted by Crippen LogP contribution is -2.48. The molecule has 2 aliphatic heterocycles. The first-order valence-corrected chi connectivity index (χ1v) is 12.2. The Morgan fingerprint density at radius 1 is 1.06 bits per heavy atom. The second-order valence-corrected chi connectivity index (χ2v) is 10.4. The van der Waals surface area contributed by atoms with Crippen LogP contribution >= 0.6 is 0 Å². The molecule has 32 heavy (non-hydrogen) atoms. The minimum Gasteiger partial charge on any atom is -0.450 e. The Morgan fingerprint density at radius 2 is 1.66 bits per heavy atom. The first-order valence-electron chi connectivity index (χ1n) is 10.7. The molecular formula is C24H28N2O5S. The summed E-state index contributed by atoms with van der Waals surface area (Å²) in [5.74, 6) is -0.618. The molecule has 2 aliphatic rings. The Bertz CT molecular complexity index is 1180. The zero-order valence-electron chi connectivity index (χ0n) is 18.8. The van der Waals surface area contributed by atoms with E-state index in [1.165, 1.54) is 0 Å². The van der Waals surface area contributed by atoms with Crippen LogP contribution in [0, 0.1) is 27.7 Å². The molecule has 1 saturated heterocycles. The minimum absolute atomic E-state index is 0.245. The number of hydrogen-bond acceptors (Lipinski definition) is 5. The first kappa shape index (κ1) is 22.5. The topological polar surface area (TPSA) is 92.8 Å². The third kappa shape index (κ3) is 3.71. The predicted molar refractivity (Wildman–Crippen MR) is 120 cm³/mol. The maximum Gasteiger partial charge on any atom is 0.339 e. The van der Waals surface area contributed by atoms with Gasteiger partial charge in [-0.1, -0.05) is 24.3 Å². The normalized spacial score (nSPS) is 17.4. The van der Waals surface area contributed by atoms with E-state index in [0.717, 1.165) is 16.7 Å². The maximum absolute atomic E-state index is 13.0. The largest absolute Gasteiger partial charge is 0.450 e. The molecule has 170 valence electrons. The van der Waals surface area contributed by atoms with E-state index < -0.39 is 15.6 Å². The third-order valence-corrected chi connectivity index (χ3v) is 8.50. The molecule has 2 aromatic carbocycles. The van der Waals surface area contributed by atoms with Crippen molar-refractivity contribution in [1.29, 1.82) is 0 Å². The summed E-state index contributed by atoms with van der Waals surface area (Å²) in [6, 6.07) is 9.32. The molecule has 0 saturated carbocycles. The molecule has 0 radical (unpaired) electrons. The minimum atomic E-state index is -3.84. The van der Waals surface area contributed by atoms with E-state index in [0.29, 0.717) is 42.6 Å². The number of likely N-dealkylation sites (tertiary alicyclic amines) is 1. The number of carbonyl (C=O) groups excluding carboxylic acids is 2. The number of rotatable bonds is 4. The predicted octanol–water partition coefficient (Wildman–Crippen LogP) is 2.89. The second-order valence-electron chi connectivity index (χ2n) is 8.72. The summed E-state index contributed by atoms with van der Waals surface area (Å²) in [5, 5.41) is 0. The molecule has 0 aliphatic carbocycles. The van der Waals surface area contributed by atoms with E-state index >= 15 is 0 Å². The van der Waals surface area contributed by atoms with Gasteiger partial charge in [0.25, 0.3) is 0 Å². The van der Waals surface area contributed by atoms with Gasteiger partial charge in [-0.25, -0.2) is 17.9 Å². The van der Waals surface area contributed by atoms with Crippen LogP contribution in [0.5, 0.6) is 0 Å². The third-order valence-electron chi connectivity index (χ3n) is 6.83. The van der Waals surface area contributed by atoms with Crippen molar-refractivity contribution in [3.8, 4) is 0 Å². The number of sulfonamides is 1. The average Bonchev–Trinajstić information content (AvgIpc) is 3.03. The number of carbonyl (C=O) groups is 2. The molecule has 7 nitrogen and oxygen atoms in total. The van der Waals surface area contributed by atoms with Crippen LogP contribution in [0.3, 0.4) is 0 Å². The van der Waals surface area contributed by atoms with E-state index in [-0.39, 0.29) is 23.3 Å². The molecule has 2 heterocycles. The zero-order valence-corrected chi connectivity index (χ0v) is 19.6. The Kier molecular flexibility index (Phi) is 5.63. The fourth-order valence-corrected chi connectivity index (χ4v) is 6.35. The second kappa shape index (κ2) is 8.01. The van der Waals surface area contributed by atoms with E-state index in [2.05, 4.69) is 4.72 Å². The quantitative estimate of drug-likeness (QED) is 0.714. The molecular weight excluding hydrogens is 428 g/mol. The van der Waals surface area contributed by atoms with Crippen LogP contribution < -0.4 is 4.72 Å². The van der Waals surface area contributed by atoms with Gasteiger partial charge in [0.1, 0.15) is 5.60 Å². The summed E-state index contributed by atoms with van der Waals surface area (Å²) in [4.78, 5) is 26.9. The molecule has 0 bridgehead atoms. The molecule has 0 aromatic heterocycles. The molecule has 8 heteroatoms. The number of ether oxygens (including phenoxy) is 1. The molecule has 1 spiro atoms. The van der Waals surface area contributed by atoms with Crippen LogP contribution in [0.4, 0.5) is 0 Å². The highest BCUT2D eigenvalue weighted by Gasteiger charge is 2.47. The lowest BCUT2D eigenvalue weighted by atomic mass is 9.84. The number of hydrogen-bond donors (Lipinski definition) is 1. The van der Waals surface area contributed by atoms with Gasteiger partial charge in [0.15, 0.2) is 0 Å². The number of piperidine rings is 1. The summed E-state index contributed by atoms with van der Waals surface area (Å²) in [6.45, 7) is 7.80. The molecule has 4 rings (SSSR count). The van der Waals surface area contributed by atoms with Crippen molar-refractivity contribution < 1.29 is 22.7 Å². The van der Waals surface area contributed by atoms with Gasteiger partial charge in [-0.05, 0) is 56.0 Å². The summed E-state index contributed by atoms with van der Waals surface area (Å²) in [6.07, 6.45) is 0.979. The van der Waals surface area contributed by atoms with Gasteiger partial charge in [-0.3, -0.25) is 4.79 Å². The summed E-state index contributed by atoms with van der Waals surface area (Å²) >= 11 is 0. The van der Waals surface area contributed by atoms with Crippen molar-refractivity contribution >= 4 is 21.9 Å². The first-order chi connectivity index (χ1) is 15.1. The van der Waals surface area contributed by atoms with Crippen LogP contribution in [0.2, 0.25) is 0 Å². The van der Waals surface area contributed by atoms with Crippen molar-refractivity contribution in [2.24, 2.45) is 0 Å². The zero-order chi connectivity index (χ0) is 23.3. The summed E-state index contributed by atoms with van der Waals surface area (Å²) < 4.78 is 34.2. The van der Waals surface area contributed by atoms with Gasteiger partial charge in [0.2, 0.25) is 15.9 Å². The lowest BCUT2D eigenvalue weighted by molar-refractivity contribution is -0.134. The molecule has 1 amide bonds. The van der Waals surface area contributed by atoms with Crippen LogP contribution in [0.15, 0.2) is 35.2 Å². The Morgan fingerprint density at radius 3 is 2.28 bits per heavy atom. The number of nitrogens with one attached hydrogen (secondary N) is 1. The monoisotopic (exact) mass is 456 g/mol. The number of aryl methyl sites for hydroxylation is 2. The van der Waals surface area contributed by atoms with Crippen LogP contribution in [-0.4, -0.2) is 44.8 Å². The Hall–Kier alpha value is -2.71. The SMILES string of the molecule is Cc1cc(C)c(C)c(S(=O)(=O)NCC(=O)N2CCC3(CC2)OC(=O)c2ccccc23)c1C. The maximum atomic E-state index is 13.0. The number of benzene rings is 2. The van der Waals surface area contributed by atoms with Crippen molar-refractivity contribution in [2.45, 2.75) is 51.0 Å². The number of fused-ring (bicyclic) bond motifs is 2. The van der Waals surface area contributed by atoms with Crippen LogP contribution in [-0.2, 0) is 25.2 Å². The van der Waals surface area contributed by atoms with E-state index in [4.69, 9.17) is 4.74 Å². The summed E-state index contributed by atoms with van der Waals surface area (Å²) in [7, 11) is -3.84. The van der Waals surface area contributed by atoms with E-state index in [1.54, 1.807) is 24.8 Å². The fourth-order valence-electron chi connectivity index (χ4n) is 4.76. The van der Waals surface area contributed by atoms with Crippen LogP contribution in [0.25, 0.3) is 0 Å². The van der Waals surface area contributed by atoms with Crippen molar-refractivity contribution in [3.63, 3.8) is 0 Å². The smallest absolute Gasteiger partial charge is 0.339 e. The molecule has 1 fully saturated rings. The summed E-state index contributed by atoms with van der Waals surface area (Å²) in [5.41, 5.74) is 3.93. The van der Waals surface area contributed by atoms with Crippen LogP contribution in [0.1, 0.15) is 51.0 Å². The highest BCUT2D eigenvalue weighted by atomic mass is 32.2. The van der Waals surface area contributed by atoms with Gasteiger partial charge < -0.3 is 9.64 Å². The van der Waals surface area contributed by atoms with Gasteiger partial charge in [0.05, 0.1) is 17.0 Å². The average molecular weight is 457 g/mol. The van der Waals surface area contributed by atoms with Gasteiger partial charge in [0, 0.05) is 31.5 Å². The van der Waals surface area contributed by atoms with Crippen molar-refractivity contribution in [2.75, 3.05) is 19.6 Å². The van der Waals surface area contributed by atoms with E-state index in [1.807, 2.05) is 38.1 Å². The van der Waals surface area contributed by atoms with Gasteiger partial charge >= 0.3 is 5.97 Å². The lowest BCUT2D eigenvalue weighted by Gasteiger charge is -2.38. The molecule has 0 atom stereocenters. The number of amides is 1. The van der Waals surface area contributed by atoms with Crippen molar-refractivity contribution in [1.82, 2.24) is 9.62 Å². The highest BCUT2D eigenvalue weighted by Crippen LogP contribution is 2.43.